The molecule has 3 nitrogen and oxygen atoms in total. The minimum Gasteiger partial charge on any atom is -0.207 e. The van der Waals surface area contributed by atoms with Crippen molar-refractivity contribution in [2.75, 3.05) is 0 Å². The van der Waals surface area contributed by atoms with Crippen LogP contribution in [0.2, 0.25) is 10.0 Å². The van der Waals surface area contributed by atoms with E-state index in [1.165, 1.54) is 18.2 Å². The Morgan fingerprint density at radius 3 is 2.65 bits per heavy atom. The Balaban J connectivity index is 3.14. The van der Waals surface area contributed by atoms with Crippen molar-refractivity contribution in [2.24, 2.45) is 0 Å². The van der Waals surface area contributed by atoms with Gasteiger partial charge in [0, 0.05) is 5.02 Å². The molecule has 0 aliphatic rings. The summed E-state index contributed by atoms with van der Waals surface area (Å²) < 4.78 is 26.3. The molecule has 0 aromatic heterocycles. The third kappa shape index (κ3) is 3.62. The first-order valence-electron chi connectivity index (χ1n) is 4.84. The smallest absolute Gasteiger partial charge is 0.207 e. The van der Waals surface area contributed by atoms with Gasteiger partial charge >= 0.3 is 0 Å². The van der Waals surface area contributed by atoms with Crippen LogP contribution in [-0.2, 0) is 10.0 Å². The summed E-state index contributed by atoms with van der Waals surface area (Å²) in [5, 5.41) is 0.400. The van der Waals surface area contributed by atoms with Crippen LogP contribution in [0.15, 0.2) is 23.1 Å². The fourth-order valence-corrected chi connectivity index (χ4v) is 3.17. The van der Waals surface area contributed by atoms with Gasteiger partial charge in [-0.2, -0.15) is 4.72 Å². The Bertz CT molecular complexity index is 549. The summed E-state index contributed by atoms with van der Waals surface area (Å²) in [6.45, 7) is 1.78. The topological polar surface area (TPSA) is 46.2 Å². The molecule has 1 aromatic rings. The first kappa shape index (κ1) is 14.3. The largest absolute Gasteiger partial charge is 0.243 e. The van der Waals surface area contributed by atoms with Crippen LogP contribution in [-0.4, -0.2) is 14.5 Å². The third-order valence-electron chi connectivity index (χ3n) is 2.09. The molecular weight excluding hydrogens is 281 g/mol. The van der Waals surface area contributed by atoms with Crippen LogP contribution in [0.1, 0.15) is 13.3 Å². The second-order valence-electron chi connectivity index (χ2n) is 3.32. The van der Waals surface area contributed by atoms with Crippen LogP contribution in [0.5, 0.6) is 0 Å². The molecule has 0 heterocycles. The summed E-state index contributed by atoms with van der Waals surface area (Å²) in [5.74, 6) is 2.35. The van der Waals surface area contributed by atoms with E-state index in [1.807, 2.05) is 0 Å². The molecule has 0 saturated carbocycles. The Morgan fingerprint density at radius 1 is 1.47 bits per heavy atom. The van der Waals surface area contributed by atoms with E-state index in [1.54, 1.807) is 6.92 Å². The van der Waals surface area contributed by atoms with E-state index >= 15 is 0 Å². The maximum absolute atomic E-state index is 12.0. The van der Waals surface area contributed by atoms with E-state index in [0.717, 1.165) is 0 Å². The van der Waals surface area contributed by atoms with Crippen LogP contribution in [0.3, 0.4) is 0 Å². The Kier molecular flexibility index (Phi) is 4.84. The number of terminal acetylenes is 1. The van der Waals surface area contributed by atoms with Gasteiger partial charge in [-0.25, -0.2) is 8.42 Å². The zero-order valence-electron chi connectivity index (χ0n) is 9.07. The Hall–Kier alpha value is -0.730. The molecule has 0 aliphatic heterocycles. The van der Waals surface area contributed by atoms with E-state index in [9.17, 15) is 8.42 Å². The molecule has 0 spiro atoms. The number of rotatable bonds is 4. The minimum atomic E-state index is -3.75. The van der Waals surface area contributed by atoms with E-state index in [0.29, 0.717) is 11.4 Å². The average molecular weight is 292 g/mol. The fraction of sp³-hybridized carbons (Fsp3) is 0.273. The lowest BCUT2D eigenvalue weighted by molar-refractivity contribution is 0.570. The summed E-state index contributed by atoms with van der Waals surface area (Å²) in [6, 6.07) is 3.67. The summed E-state index contributed by atoms with van der Waals surface area (Å²) in [4.78, 5) is -0.0691. The predicted octanol–water partition coefficient (Wildman–Crippen LogP) is 2.68. The summed E-state index contributed by atoms with van der Waals surface area (Å²) in [5.41, 5.74) is 0. The molecule has 1 N–H and O–H groups in total. The number of benzene rings is 1. The van der Waals surface area contributed by atoms with Gasteiger partial charge in [-0.05, 0) is 24.6 Å². The van der Waals surface area contributed by atoms with Gasteiger partial charge in [0.15, 0.2) is 0 Å². The van der Waals surface area contributed by atoms with Gasteiger partial charge in [-0.1, -0.05) is 36.0 Å². The second-order valence-corrected chi connectivity index (χ2v) is 5.85. The zero-order chi connectivity index (χ0) is 13.1. The maximum atomic E-state index is 12.0. The molecule has 0 aliphatic carbocycles. The van der Waals surface area contributed by atoms with Crippen LogP contribution < -0.4 is 4.72 Å². The average Bonchev–Trinajstić information content (AvgIpc) is 2.29. The first-order chi connectivity index (χ1) is 7.90. The van der Waals surface area contributed by atoms with E-state index in [-0.39, 0.29) is 9.92 Å². The van der Waals surface area contributed by atoms with Crippen molar-refractivity contribution >= 4 is 33.2 Å². The third-order valence-corrected chi connectivity index (χ3v) is 4.28. The van der Waals surface area contributed by atoms with Crippen molar-refractivity contribution in [3.8, 4) is 12.3 Å². The lowest BCUT2D eigenvalue weighted by atomic mass is 10.3. The van der Waals surface area contributed by atoms with E-state index < -0.39 is 16.1 Å². The van der Waals surface area contributed by atoms with Gasteiger partial charge < -0.3 is 0 Å². The van der Waals surface area contributed by atoms with Crippen molar-refractivity contribution < 1.29 is 8.42 Å². The van der Waals surface area contributed by atoms with E-state index in [2.05, 4.69) is 10.6 Å². The molecule has 1 atom stereocenters. The molecule has 1 unspecified atom stereocenters. The number of halogens is 2. The second kappa shape index (κ2) is 5.74. The highest BCUT2D eigenvalue weighted by Gasteiger charge is 2.20. The van der Waals surface area contributed by atoms with Crippen molar-refractivity contribution in [1.82, 2.24) is 4.72 Å². The van der Waals surface area contributed by atoms with E-state index in [4.69, 9.17) is 29.6 Å². The minimum absolute atomic E-state index is 0.0691. The van der Waals surface area contributed by atoms with Crippen LogP contribution in [0.4, 0.5) is 0 Å². The number of sulfonamides is 1. The molecule has 92 valence electrons. The highest BCUT2D eigenvalue weighted by atomic mass is 35.5. The van der Waals surface area contributed by atoms with Gasteiger partial charge in [0.2, 0.25) is 10.0 Å². The van der Waals surface area contributed by atoms with Gasteiger partial charge in [-0.3, -0.25) is 0 Å². The highest BCUT2D eigenvalue weighted by molar-refractivity contribution is 7.89. The first-order valence-corrected chi connectivity index (χ1v) is 7.08. The molecule has 0 bridgehead atoms. The molecule has 0 fully saturated rings. The molecule has 0 radical (unpaired) electrons. The zero-order valence-corrected chi connectivity index (χ0v) is 11.4. The molecular formula is C11H11Cl2NO2S. The summed E-state index contributed by atoms with van der Waals surface area (Å²) in [7, 11) is -3.75. The van der Waals surface area contributed by atoms with Gasteiger partial charge in [0.1, 0.15) is 4.90 Å². The van der Waals surface area contributed by atoms with Gasteiger partial charge in [0.25, 0.3) is 0 Å². The molecule has 17 heavy (non-hydrogen) atoms. The SMILES string of the molecule is C#CC(CC)NS(=O)(=O)c1cc(Cl)ccc1Cl. The summed E-state index contributed by atoms with van der Waals surface area (Å²) in [6.07, 6.45) is 5.69. The predicted molar refractivity (Wildman–Crippen MR) is 69.7 cm³/mol. The van der Waals surface area contributed by atoms with Crippen molar-refractivity contribution in [3.05, 3.63) is 28.2 Å². The van der Waals surface area contributed by atoms with Crippen LogP contribution in [0, 0.1) is 12.3 Å². The van der Waals surface area contributed by atoms with Gasteiger partial charge in [-0.15, -0.1) is 6.42 Å². The Morgan fingerprint density at radius 2 is 2.12 bits per heavy atom. The molecule has 1 aromatic carbocycles. The quantitative estimate of drug-likeness (QED) is 0.867. The molecule has 1 rings (SSSR count). The number of hydrogen-bond donors (Lipinski definition) is 1. The van der Waals surface area contributed by atoms with Crippen molar-refractivity contribution in [2.45, 2.75) is 24.3 Å². The number of hydrogen-bond acceptors (Lipinski definition) is 2. The maximum Gasteiger partial charge on any atom is 0.243 e. The van der Waals surface area contributed by atoms with Crippen LogP contribution in [0.25, 0.3) is 0 Å². The normalized spacial score (nSPS) is 13.1. The van der Waals surface area contributed by atoms with Crippen molar-refractivity contribution in [1.29, 1.82) is 0 Å². The fourth-order valence-electron chi connectivity index (χ4n) is 1.17. The molecule has 0 saturated heterocycles. The molecule has 6 heteroatoms. The Labute approximate surface area is 111 Å². The highest BCUT2D eigenvalue weighted by Crippen LogP contribution is 2.25. The lowest BCUT2D eigenvalue weighted by Gasteiger charge is -2.12. The number of nitrogens with one attached hydrogen (secondary N) is 1. The monoisotopic (exact) mass is 291 g/mol. The standard InChI is InChI=1S/C11H11Cl2NO2S/c1-3-9(4-2)14-17(15,16)11-7-8(12)5-6-10(11)13/h1,5-7,9,14H,4H2,2H3. The van der Waals surface area contributed by atoms with Gasteiger partial charge in [0.05, 0.1) is 11.1 Å². The summed E-state index contributed by atoms with van der Waals surface area (Å²) >= 11 is 11.6. The van der Waals surface area contributed by atoms with Crippen molar-refractivity contribution in [3.63, 3.8) is 0 Å². The van der Waals surface area contributed by atoms with Crippen LogP contribution >= 0.6 is 23.2 Å². The lowest BCUT2D eigenvalue weighted by Crippen LogP contribution is -2.33. The molecule has 0 amide bonds.